The summed E-state index contributed by atoms with van der Waals surface area (Å²) in [5.74, 6) is 0.629. The summed E-state index contributed by atoms with van der Waals surface area (Å²) in [6.07, 6.45) is 5.36. The Bertz CT molecular complexity index is 128. The van der Waals surface area contributed by atoms with Crippen molar-refractivity contribution < 1.29 is 0 Å². The summed E-state index contributed by atoms with van der Waals surface area (Å²) < 4.78 is 0. The van der Waals surface area contributed by atoms with Crippen molar-refractivity contribution in [2.24, 2.45) is 11.7 Å². The Morgan fingerprint density at radius 3 is 2.31 bits per heavy atom. The van der Waals surface area contributed by atoms with Crippen LogP contribution in [0.2, 0.25) is 0 Å². The molecule has 1 heterocycles. The van der Waals surface area contributed by atoms with Crippen LogP contribution in [-0.4, -0.2) is 30.6 Å². The van der Waals surface area contributed by atoms with Gasteiger partial charge in [-0.1, -0.05) is 20.3 Å². The molecule has 78 valence electrons. The number of nitrogens with two attached hydrogens (primary N) is 1. The predicted octanol–water partition coefficient (Wildman–Crippen LogP) is 1.85. The maximum atomic E-state index is 6.01. The normalized spacial score (nSPS) is 22.2. The molecule has 0 amide bonds. The first kappa shape index (κ1) is 11.0. The minimum atomic E-state index is 0.391. The van der Waals surface area contributed by atoms with Crippen LogP contribution in [0.4, 0.5) is 0 Å². The summed E-state index contributed by atoms with van der Waals surface area (Å²) in [4.78, 5) is 2.56. The number of likely N-dealkylation sites (tertiary alicyclic amines) is 1. The van der Waals surface area contributed by atoms with Crippen LogP contribution in [0.5, 0.6) is 0 Å². The van der Waals surface area contributed by atoms with E-state index in [4.69, 9.17) is 5.73 Å². The van der Waals surface area contributed by atoms with Crippen LogP contribution >= 0.6 is 0 Å². The van der Waals surface area contributed by atoms with Crippen LogP contribution in [-0.2, 0) is 0 Å². The van der Waals surface area contributed by atoms with Crippen molar-refractivity contribution in [3.05, 3.63) is 0 Å². The summed E-state index contributed by atoms with van der Waals surface area (Å²) in [7, 11) is 0. The third-order valence-corrected chi connectivity index (χ3v) is 3.08. The Morgan fingerprint density at radius 1 is 1.15 bits per heavy atom. The summed E-state index contributed by atoms with van der Waals surface area (Å²) >= 11 is 0. The van der Waals surface area contributed by atoms with E-state index in [-0.39, 0.29) is 0 Å². The highest BCUT2D eigenvalue weighted by molar-refractivity contribution is 4.70. The van der Waals surface area contributed by atoms with E-state index < -0.39 is 0 Å². The van der Waals surface area contributed by atoms with Crippen molar-refractivity contribution in [3.8, 4) is 0 Å². The van der Waals surface area contributed by atoms with Gasteiger partial charge in [0.15, 0.2) is 0 Å². The van der Waals surface area contributed by atoms with Gasteiger partial charge in [-0.2, -0.15) is 0 Å². The largest absolute Gasteiger partial charge is 0.327 e. The van der Waals surface area contributed by atoms with Crippen LogP contribution in [0, 0.1) is 5.92 Å². The Hall–Kier alpha value is -0.0800. The molecule has 2 heteroatoms. The van der Waals surface area contributed by atoms with Crippen molar-refractivity contribution in [3.63, 3.8) is 0 Å². The van der Waals surface area contributed by atoms with Gasteiger partial charge in [-0.05, 0) is 44.8 Å². The summed E-state index contributed by atoms with van der Waals surface area (Å²) in [6, 6.07) is 0.391. The second-order valence-corrected chi connectivity index (χ2v) is 4.60. The molecule has 0 aromatic rings. The zero-order chi connectivity index (χ0) is 9.68. The van der Waals surface area contributed by atoms with Gasteiger partial charge < -0.3 is 10.6 Å². The van der Waals surface area contributed by atoms with Gasteiger partial charge >= 0.3 is 0 Å². The molecule has 1 saturated heterocycles. The molecule has 13 heavy (non-hydrogen) atoms. The van der Waals surface area contributed by atoms with Crippen LogP contribution in [0.1, 0.15) is 39.5 Å². The van der Waals surface area contributed by atoms with E-state index in [2.05, 4.69) is 18.7 Å². The molecule has 0 unspecified atom stereocenters. The van der Waals surface area contributed by atoms with E-state index in [1.54, 1.807) is 0 Å². The Labute approximate surface area is 82.5 Å². The monoisotopic (exact) mass is 184 g/mol. The van der Waals surface area contributed by atoms with Crippen molar-refractivity contribution in [1.82, 2.24) is 4.90 Å². The van der Waals surface area contributed by atoms with Gasteiger partial charge in [0.25, 0.3) is 0 Å². The highest BCUT2D eigenvalue weighted by atomic mass is 15.1. The average molecular weight is 184 g/mol. The molecule has 0 aromatic heterocycles. The van der Waals surface area contributed by atoms with Crippen molar-refractivity contribution in [2.75, 3.05) is 19.6 Å². The minimum absolute atomic E-state index is 0.391. The molecule has 0 spiro atoms. The maximum Gasteiger partial charge on any atom is 0.00740 e. The molecule has 0 radical (unpaired) electrons. The lowest BCUT2D eigenvalue weighted by Gasteiger charge is -2.28. The Kier molecular flexibility index (Phi) is 4.74. The van der Waals surface area contributed by atoms with Gasteiger partial charge in [0.1, 0.15) is 0 Å². The van der Waals surface area contributed by atoms with Crippen molar-refractivity contribution >= 4 is 0 Å². The molecular formula is C11H24N2. The molecule has 0 bridgehead atoms. The fourth-order valence-corrected chi connectivity index (χ4v) is 1.85. The van der Waals surface area contributed by atoms with Crippen LogP contribution in [0.3, 0.4) is 0 Å². The number of piperidine rings is 1. The highest BCUT2D eigenvalue weighted by Gasteiger charge is 2.12. The van der Waals surface area contributed by atoms with Crippen molar-refractivity contribution in [2.45, 2.75) is 45.6 Å². The standard InChI is InChI=1S/C11H24N2/c1-10(2)11(12)6-9-13-7-4-3-5-8-13/h10-11H,3-9,12H2,1-2H3/t11-/m1/s1. The average Bonchev–Trinajstić information content (AvgIpc) is 2.15. The number of hydrogen-bond donors (Lipinski definition) is 1. The Balaban J connectivity index is 2.10. The van der Waals surface area contributed by atoms with Gasteiger partial charge in [-0.25, -0.2) is 0 Å². The van der Waals surface area contributed by atoms with Gasteiger partial charge in [-0.3, -0.25) is 0 Å². The lowest BCUT2D eigenvalue weighted by Crippen LogP contribution is -2.36. The van der Waals surface area contributed by atoms with E-state index in [1.807, 2.05) is 0 Å². The SMILES string of the molecule is CC(C)[C@H](N)CCN1CCCCC1. The van der Waals surface area contributed by atoms with E-state index >= 15 is 0 Å². The number of hydrogen-bond acceptors (Lipinski definition) is 2. The first-order chi connectivity index (χ1) is 6.20. The highest BCUT2D eigenvalue weighted by Crippen LogP contribution is 2.10. The smallest absolute Gasteiger partial charge is 0.00740 e. The van der Waals surface area contributed by atoms with Gasteiger partial charge in [0.05, 0.1) is 0 Å². The molecule has 1 atom stereocenters. The lowest BCUT2D eigenvalue weighted by atomic mass is 10.0. The van der Waals surface area contributed by atoms with E-state index in [1.165, 1.54) is 38.9 Å². The predicted molar refractivity (Wildman–Crippen MR) is 57.7 cm³/mol. The van der Waals surface area contributed by atoms with Crippen LogP contribution < -0.4 is 5.73 Å². The lowest BCUT2D eigenvalue weighted by molar-refractivity contribution is 0.215. The third kappa shape index (κ3) is 4.10. The minimum Gasteiger partial charge on any atom is -0.327 e. The molecule has 0 saturated carbocycles. The molecule has 0 aromatic carbocycles. The molecule has 1 aliphatic rings. The fraction of sp³-hybridized carbons (Fsp3) is 1.00. The fourth-order valence-electron chi connectivity index (χ4n) is 1.85. The van der Waals surface area contributed by atoms with E-state index in [0.717, 1.165) is 6.42 Å². The zero-order valence-corrected chi connectivity index (χ0v) is 9.13. The topological polar surface area (TPSA) is 29.3 Å². The summed E-state index contributed by atoms with van der Waals surface area (Å²) in [5, 5.41) is 0. The third-order valence-electron chi connectivity index (χ3n) is 3.08. The molecule has 1 fully saturated rings. The zero-order valence-electron chi connectivity index (χ0n) is 9.13. The summed E-state index contributed by atoms with van der Waals surface area (Å²) in [6.45, 7) is 8.22. The van der Waals surface area contributed by atoms with Gasteiger partial charge in [-0.15, -0.1) is 0 Å². The Morgan fingerprint density at radius 2 is 1.77 bits per heavy atom. The molecule has 2 nitrogen and oxygen atoms in total. The van der Waals surface area contributed by atoms with E-state index in [0.29, 0.717) is 12.0 Å². The van der Waals surface area contributed by atoms with Gasteiger partial charge in [0.2, 0.25) is 0 Å². The van der Waals surface area contributed by atoms with Crippen molar-refractivity contribution in [1.29, 1.82) is 0 Å². The maximum absolute atomic E-state index is 6.01. The second-order valence-electron chi connectivity index (χ2n) is 4.60. The second kappa shape index (κ2) is 5.61. The van der Waals surface area contributed by atoms with E-state index in [9.17, 15) is 0 Å². The van der Waals surface area contributed by atoms with Gasteiger partial charge in [0, 0.05) is 6.04 Å². The molecule has 1 aliphatic heterocycles. The van der Waals surface area contributed by atoms with Crippen LogP contribution in [0.15, 0.2) is 0 Å². The number of rotatable bonds is 4. The molecule has 2 N–H and O–H groups in total. The quantitative estimate of drug-likeness (QED) is 0.722. The first-order valence-electron chi connectivity index (χ1n) is 5.68. The summed E-state index contributed by atoms with van der Waals surface area (Å²) in [5.41, 5.74) is 6.01. The number of nitrogens with zero attached hydrogens (tertiary/aromatic N) is 1. The van der Waals surface area contributed by atoms with Crippen LogP contribution in [0.25, 0.3) is 0 Å². The molecular weight excluding hydrogens is 160 g/mol. The molecule has 1 rings (SSSR count). The first-order valence-corrected chi connectivity index (χ1v) is 5.68. The molecule has 0 aliphatic carbocycles.